The number of primary sulfonamides is 1. The molecule has 0 aromatic rings. The van der Waals surface area contributed by atoms with Crippen molar-refractivity contribution in [1.29, 1.82) is 0 Å². The molecule has 6 nitrogen and oxygen atoms in total. The summed E-state index contributed by atoms with van der Waals surface area (Å²) in [5.41, 5.74) is 0. The molecule has 3 rings (SSSR count). The molecule has 3 fully saturated rings. The van der Waals surface area contributed by atoms with Crippen molar-refractivity contribution in [2.75, 3.05) is 0 Å². The minimum Gasteiger partial charge on any atom is -0.374 e. The van der Waals surface area contributed by atoms with E-state index in [1.807, 2.05) is 0 Å². The number of halogens is 4. The number of amides is 1. The SMILES string of the molecule is NS(=O)(=O)C1CCCC(NC(=O)C2CC(C(F)(F)F)CCC2OC2CCC(F)CC2)C1. The van der Waals surface area contributed by atoms with Crippen molar-refractivity contribution in [2.45, 2.75) is 106 Å². The molecule has 31 heavy (non-hydrogen) atoms. The summed E-state index contributed by atoms with van der Waals surface area (Å²) < 4.78 is 82.8. The quantitative estimate of drug-likeness (QED) is 0.600. The van der Waals surface area contributed by atoms with Crippen LogP contribution in [0.1, 0.15) is 70.6 Å². The van der Waals surface area contributed by atoms with E-state index < -0.39 is 57.5 Å². The fourth-order valence-corrected chi connectivity index (χ4v) is 6.16. The molecular weight excluding hydrogens is 440 g/mol. The van der Waals surface area contributed by atoms with E-state index in [2.05, 4.69) is 5.32 Å². The summed E-state index contributed by atoms with van der Waals surface area (Å²) in [7, 11) is -3.74. The van der Waals surface area contributed by atoms with Crippen molar-refractivity contribution < 1.29 is 35.5 Å². The van der Waals surface area contributed by atoms with E-state index in [-0.39, 0.29) is 31.8 Å². The van der Waals surface area contributed by atoms with E-state index in [1.54, 1.807) is 0 Å². The van der Waals surface area contributed by atoms with Gasteiger partial charge in [0.15, 0.2) is 0 Å². The normalized spacial score (nSPS) is 37.9. The maximum atomic E-state index is 13.4. The molecule has 3 saturated carbocycles. The van der Waals surface area contributed by atoms with Gasteiger partial charge in [-0.15, -0.1) is 0 Å². The van der Waals surface area contributed by atoms with Gasteiger partial charge in [-0.3, -0.25) is 4.79 Å². The molecule has 3 aliphatic carbocycles. The van der Waals surface area contributed by atoms with Gasteiger partial charge in [0.05, 0.1) is 29.3 Å². The Kier molecular flexibility index (Phi) is 7.89. The number of sulfonamides is 1. The molecule has 0 aromatic carbocycles. The van der Waals surface area contributed by atoms with Crippen LogP contribution in [0, 0.1) is 11.8 Å². The van der Waals surface area contributed by atoms with Crippen molar-refractivity contribution in [3.8, 4) is 0 Å². The maximum Gasteiger partial charge on any atom is 0.391 e. The Bertz CT molecular complexity index is 725. The average molecular weight is 473 g/mol. The highest BCUT2D eigenvalue weighted by atomic mass is 32.2. The maximum absolute atomic E-state index is 13.4. The standard InChI is InChI=1S/C20H32F4N2O4S/c21-13-5-7-15(8-6-13)30-18-9-4-12(20(22,23)24)10-17(18)19(27)26-14-2-1-3-16(11-14)31(25,28)29/h12-18H,1-11H2,(H,26,27)(H2,25,28,29). The number of hydrogen-bond donors (Lipinski definition) is 2. The number of carbonyl (C=O) groups is 1. The van der Waals surface area contributed by atoms with E-state index in [1.165, 1.54) is 0 Å². The van der Waals surface area contributed by atoms with Crippen LogP contribution in [0.15, 0.2) is 0 Å². The van der Waals surface area contributed by atoms with Crippen LogP contribution < -0.4 is 10.5 Å². The third kappa shape index (κ3) is 6.77. The van der Waals surface area contributed by atoms with Crippen LogP contribution in [0.5, 0.6) is 0 Å². The van der Waals surface area contributed by atoms with Crippen molar-refractivity contribution in [2.24, 2.45) is 17.0 Å². The number of carbonyl (C=O) groups excluding carboxylic acids is 1. The Labute approximate surface area is 180 Å². The first-order valence-corrected chi connectivity index (χ1v) is 12.7. The van der Waals surface area contributed by atoms with Crippen LogP contribution in [-0.2, 0) is 19.6 Å². The second-order valence-electron chi connectivity index (χ2n) is 9.29. The number of nitrogens with two attached hydrogens (primary N) is 1. The lowest BCUT2D eigenvalue weighted by Crippen LogP contribution is -2.50. The summed E-state index contributed by atoms with van der Waals surface area (Å²) in [5.74, 6) is -3.08. The Morgan fingerprint density at radius 2 is 1.65 bits per heavy atom. The molecule has 3 N–H and O–H groups in total. The Hall–Kier alpha value is -0.940. The Morgan fingerprint density at radius 3 is 2.26 bits per heavy atom. The highest BCUT2D eigenvalue weighted by Gasteiger charge is 2.48. The van der Waals surface area contributed by atoms with Crippen LogP contribution in [-0.4, -0.2) is 50.2 Å². The molecule has 0 bridgehead atoms. The minimum atomic E-state index is -4.39. The van der Waals surface area contributed by atoms with Crippen molar-refractivity contribution in [3.05, 3.63) is 0 Å². The monoisotopic (exact) mass is 472 g/mol. The van der Waals surface area contributed by atoms with Crippen LogP contribution in [0.3, 0.4) is 0 Å². The van der Waals surface area contributed by atoms with Gasteiger partial charge in [0.25, 0.3) is 0 Å². The van der Waals surface area contributed by atoms with Gasteiger partial charge < -0.3 is 10.1 Å². The third-order valence-electron chi connectivity index (χ3n) is 6.99. The lowest BCUT2D eigenvalue weighted by molar-refractivity contribution is -0.199. The smallest absolute Gasteiger partial charge is 0.374 e. The molecule has 0 aliphatic heterocycles. The molecule has 0 aromatic heterocycles. The van der Waals surface area contributed by atoms with Crippen LogP contribution in [0.4, 0.5) is 17.6 Å². The Morgan fingerprint density at radius 1 is 0.968 bits per heavy atom. The number of rotatable bonds is 5. The molecule has 0 heterocycles. The molecule has 0 radical (unpaired) electrons. The predicted octanol–water partition coefficient (Wildman–Crippen LogP) is 3.35. The van der Waals surface area contributed by atoms with Crippen molar-refractivity contribution in [3.63, 3.8) is 0 Å². The number of alkyl halides is 4. The Balaban J connectivity index is 1.66. The second kappa shape index (κ2) is 9.91. The summed E-state index contributed by atoms with van der Waals surface area (Å²) >= 11 is 0. The van der Waals surface area contributed by atoms with Crippen LogP contribution >= 0.6 is 0 Å². The number of ether oxygens (including phenoxy) is 1. The van der Waals surface area contributed by atoms with Gasteiger partial charge in [-0.1, -0.05) is 6.42 Å². The van der Waals surface area contributed by atoms with Gasteiger partial charge in [0.2, 0.25) is 15.9 Å². The van der Waals surface area contributed by atoms with E-state index >= 15 is 0 Å². The molecule has 5 atom stereocenters. The van der Waals surface area contributed by atoms with Gasteiger partial charge in [0, 0.05) is 6.04 Å². The lowest BCUT2D eigenvalue weighted by atomic mass is 9.78. The largest absolute Gasteiger partial charge is 0.391 e. The van der Waals surface area contributed by atoms with Gasteiger partial charge in [-0.05, 0) is 64.2 Å². The van der Waals surface area contributed by atoms with E-state index in [4.69, 9.17) is 9.88 Å². The van der Waals surface area contributed by atoms with Crippen LogP contribution in [0.2, 0.25) is 0 Å². The molecule has 0 spiro atoms. The zero-order valence-corrected chi connectivity index (χ0v) is 18.3. The molecule has 11 heteroatoms. The fourth-order valence-electron chi connectivity index (χ4n) is 5.17. The third-order valence-corrected chi connectivity index (χ3v) is 8.35. The summed E-state index contributed by atoms with van der Waals surface area (Å²) in [6.07, 6.45) is -3.13. The van der Waals surface area contributed by atoms with Crippen molar-refractivity contribution >= 4 is 15.9 Å². The molecule has 180 valence electrons. The fraction of sp³-hybridized carbons (Fsp3) is 0.950. The summed E-state index contributed by atoms with van der Waals surface area (Å²) in [4.78, 5) is 13.0. The topological polar surface area (TPSA) is 98.5 Å². The van der Waals surface area contributed by atoms with Crippen LogP contribution in [0.25, 0.3) is 0 Å². The van der Waals surface area contributed by atoms with Gasteiger partial charge in [-0.25, -0.2) is 17.9 Å². The average Bonchev–Trinajstić information content (AvgIpc) is 2.68. The predicted molar refractivity (Wildman–Crippen MR) is 106 cm³/mol. The summed E-state index contributed by atoms with van der Waals surface area (Å²) in [6.45, 7) is 0. The van der Waals surface area contributed by atoms with Gasteiger partial charge >= 0.3 is 6.18 Å². The summed E-state index contributed by atoms with van der Waals surface area (Å²) in [6, 6.07) is -0.446. The number of nitrogens with one attached hydrogen (secondary N) is 1. The van der Waals surface area contributed by atoms with E-state index in [9.17, 15) is 30.8 Å². The lowest BCUT2D eigenvalue weighted by Gasteiger charge is -2.39. The molecule has 3 aliphatic rings. The zero-order chi connectivity index (χ0) is 22.8. The minimum absolute atomic E-state index is 0.104. The van der Waals surface area contributed by atoms with Gasteiger partial charge in [-0.2, -0.15) is 13.2 Å². The summed E-state index contributed by atoms with van der Waals surface area (Å²) in [5, 5.41) is 7.25. The molecule has 5 unspecified atom stereocenters. The zero-order valence-electron chi connectivity index (χ0n) is 17.5. The van der Waals surface area contributed by atoms with E-state index in [0.717, 1.165) is 0 Å². The first-order chi connectivity index (χ1) is 14.4. The molecular formula is C20H32F4N2O4S. The highest BCUT2D eigenvalue weighted by Crippen LogP contribution is 2.42. The first kappa shape index (κ1) is 24.7. The molecule has 1 amide bonds. The molecule has 0 saturated heterocycles. The van der Waals surface area contributed by atoms with Crippen molar-refractivity contribution in [1.82, 2.24) is 5.32 Å². The number of hydrogen-bond acceptors (Lipinski definition) is 4. The highest BCUT2D eigenvalue weighted by molar-refractivity contribution is 7.89. The van der Waals surface area contributed by atoms with E-state index in [0.29, 0.717) is 44.9 Å². The van der Waals surface area contributed by atoms with Gasteiger partial charge in [0.1, 0.15) is 6.17 Å². The second-order valence-corrected chi connectivity index (χ2v) is 11.1. The first-order valence-electron chi connectivity index (χ1n) is 11.1.